The molecule has 2 aromatic carbocycles. The van der Waals surface area contributed by atoms with Gasteiger partial charge in [0.05, 0.1) is 5.69 Å². The first-order valence-corrected chi connectivity index (χ1v) is 8.68. The number of aromatic nitrogens is 1. The van der Waals surface area contributed by atoms with E-state index in [0.29, 0.717) is 18.8 Å². The minimum Gasteiger partial charge on any atom is -0.380 e. The number of rotatable bonds is 3. The van der Waals surface area contributed by atoms with E-state index in [-0.39, 0.29) is 6.04 Å². The maximum atomic E-state index is 12.5. The molecule has 6 nitrogen and oxygen atoms in total. The summed E-state index contributed by atoms with van der Waals surface area (Å²) >= 11 is 0. The van der Waals surface area contributed by atoms with Crippen molar-refractivity contribution in [3.63, 3.8) is 0 Å². The highest BCUT2D eigenvalue weighted by molar-refractivity contribution is 6.40. The first kappa shape index (κ1) is 16.2. The fourth-order valence-electron chi connectivity index (χ4n) is 3.35. The standard InChI is InChI=1S/C20H20N4O2/c25-19(23-18-8-4-7-17-16(18)9-11-21-17)20(26)24-12-10-15(13-24)22-14-5-2-1-3-6-14/h1-9,11,15,21-22H,10,12-13H2,(H,23,25). The van der Waals surface area contributed by atoms with Gasteiger partial charge in [0.1, 0.15) is 0 Å². The lowest BCUT2D eigenvalue weighted by Crippen LogP contribution is -2.39. The molecule has 1 aromatic heterocycles. The Labute approximate surface area is 151 Å². The van der Waals surface area contributed by atoms with Gasteiger partial charge < -0.3 is 20.5 Å². The van der Waals surface area contributed by atoms with Crippen molar-refractivity contribution in [2.45, 2.75) is 12.5 Å². The number of nitrogens with one attached hydrogen (secondary N) is 3. The van der Waals surface area contributed by atoms with E-state index in [0.717, 1.165) is 23.0 Å². The number of likely N-dealkylation sites (tertiary alicyclic amines) is 1. The number of carbonyl (C=O) groups is 2. The molecule has 0 bridgehead atoms. The number of para-hydroxylation sites is 1. The summed E-state index contributed by atoms with van der Waals surface area (Å²) < 4.78 is 0. The topological polar surface area (TPSA) is 77.2 Å². The number of hydrogen-bond acceptors (Lipinski definition) is 3. The van der Waals surface area contributed by atoms with Crippen molar-refractivity contribution in [1.82, 2.24) is 9.88 Å². The number of anilines is 2. The number of fused-ring (bicyclic) bond motifs is 1. The second-order valence-corrected chi connectivity index (χ2v) is 6.45. The molecule has 132 valence electrons. The maximum Gasteiger partial charge on any atom is 0.313 e. The first-order valence-electron chi connectivity index (χ1n) is 8.68. The summed E-state index contributed by atoms with van der Waals surface area (Å²) in [4.78, 5) is 29.6. The van der Waals surface area contributed by atoms with Gasteiger partial charge in [0.15, 0.2) is 0 Å². The molecule has 1 saturated heterocycles. The van der Waals surface area contributed by atoms with Crippen LogP contribution in [0.5, 0.6) is 0 Å². The summed E-state index contributed by atoms with van der Waals surface area (Å²) in [6.07, 6.45) is 2.63. The second kappa shape index (κ2) is 6.92. The van der Waals surface area contributed by atoms with Crippen molar-refractivity contribution in [1.29, 1.82) is 0 Å². The van der Waals surface area contributed by atoms with Crippen molar-refractivity contribution in [3.8, 4) is 0 Å². The summed E-state index contributed by atoms with van der Waals surface area (Å²) in [6, 6.07) is 17.5. The van der Waals surface area contributed by atoms with E-state index in [1.807, 2.05) is 54.7 Å². The van der Waals surface area contributed by atoms with Crippen LogP contribution in [0.15, 0.2) is 60.8 Å². The first-order chi connectivity index (χ1) is 12.7. The zero-order chi connectivity index (χ0) is 17.9. The predicted octanol–water partition coefficient (Wildman–Crippen LogP) is 2.82. The van der Waals surface area contributed by atoms with Gasteiger partial charge in [-0.15, -0.1) is 0 Å². The van der Waals surface area contributed by atoms with E-state index in [1.54, 1.807) is 11.0 Å². The molecule has 0 radical (unpaired) electrons. The summed E-state index contributed by atoms with van der Waals surface area (Å²) in [5.74, 6) is -1.09. The molecule has 26 heavy (non-hydrogen) atoms. The SMILES string of the molecule is O=C(Nc1cccc2[nH]ccc12)C(=O)N1CCC(Nc2ccccc2)C1. The molecule has 6 heteroatoms. The van der Waals surface area contributed by atoms with Crippen LogP contribution in [0.1, 0.15) is 6.42 Å². The number of amides is 2. The van der Waals surface area contributed by atoms with Crippen LogP contribution in [0.25, 0.3) is 10.9 Å². The molecule has 2 heterocycles. The largest absolute Gasteiger partial charge is 0.380 e. The molecule has 1 atom stereocenters. The molecule has 3 N–H and O–H groups in total. The summed E-state index contributed by atoms with van der Waals surface area (Å²) in [5.41, 5.74) is 2.58. The smallest absolute Gasteiger partial charge is 0.313 e. The minimum absolute atomic E-state index is 0.155. The van der Waals surface area contributed by atoms with Crippen LogP contribution in [0.2, 0.25) is 0 Å². The third-order valence-electron chi connectivity index (χ3n) is 4.66. The number of H-pyrrole nitrogens is 1. The lowest BCUT2D eigenvalue weighted by molar-refractivity contribution is -0.142. The lowest BCUT2D eigenvalue weighted by Gasteiger charge is -2.17. The third-order valence-corrected chi connectivity index (χ3v) is 4.66. The van der Waals surface area contributed by atoms with Crippen molar-refractivity contribution in [2.24, 2.45) is 0 Å². The van der Waals surface area contributed by atoms with Crippen LogP contribution in [0.4, 0.5) is 11.4 Å². The lowest BCUT2D eigenvalue weighted by atomic mass is 10.2. The fourth-order valence-corrected chi connectivity index (χ4v) is 3.35. The zero-order valence-corrected chi connectivity index (χ0v) is 14.2. The Morgan fingerprint density at radius 2 is 1.88 bits per heavy atom. The highest BCUT2D eigenvalue weighted by Gasteiger charge is 2.30. The Hall–Kier alpha value is -3.28. The molecular formula is C20H20N4O2. The van der Waals surface area contributed by atoms with Crippen LogP contribution in [-0.2, 0) is 9.59 Å². The highest BCUT2D eigenvalue weighted by atomic mass is 16.2. The van der Waals surface area contributed by atoms with Gasteiger partial charge in [0, 0.05) is 41.9 Å². The van der Waals surface area contributed by atoms with Gasteiger partial charge in [-0.05, 0) is 36.8 Å². The van der Waals surface area contributed by atoms with Gasteiger partial charge in [0.25, 0.3) is 0 Å². The van der Waals surface area contributed by atoms with Gasteiger partial charge in [-0.1, -0.05) is 24.3 Å². The Morgan fingerprint density at radius 1 is 1.04 bits per heavy atom. The molecule has 1 unspecified atom stereocenters. The van der Waals surface area contributed by atoms with E-state index in [9.17, 15) is 9.59 Å². The average Bonchev–Trinajstić information content (AvgIpc) is 3.32. The predicted molar refractivity (Wildman–Crippen MR) is 102 cm³/mol. The van der Waals surface area contributed by atoms with E-state index in [2.05, 4.69) is 15.6 Å². The van der Waals surface area contributed by atoms with Crippen molar-refractivity contribution >= 4 is 34.1 Å². The van der Waals surface area contributed by atoms with Crippen molar-refractivity contribution in [2.75, 3.05) is 23.7 Å². The van der Waals surface area contributed by atoms with Crippen LogP contribution >= 0.6 is 0 Å². The van der Waals surface area contributed by atoms with E-state index < -0.39 is 11.8 Å². The molecule has 1 aliphatic heterocycles. The number of aromatic amines is 1. The molecule has 0 spiro atoms. The third kappa shape index (κ3) is 3.26. The molecule has 0 aliphatic carbocycles. The number of hydrogen-bond donors (Lipinski definition) is 3. The molecule has 2 amide bonds. The highest BCUT2D eigenvalue weighted by Crippen LogP contribution is 2.22. The summed E-state index contributed by atoms with van der Waals surface area (Å²) in [5, 5.41) is 7.03. The molecule has 0 saturated carbocycles. The van der Waals surface area contributed by atoms with Gasteiger partial charge in [-0.25, -0.2) is 0 Å². The Bertz CT molecular complexity index is 935. The van der Waals surface area contributed by atoms with Gasteiger partial charge in [-0.2, -0.15) is 0 Å². The van der Waals surface area contributed by atoms with E-state index in [4.69, 9.17) is 0 Å². The summed E-state index contributed by atoms with van der Waals surface area (Å²) in [6.45, 7) is 1.10. The van der Waals surface area contributed by atoms with Crippen LogP contribution in [0, 0.1) is 0 Å². The van der Waals surface area contributed by atoms with Crippen molar-refractivity contribution < 1.29 is 9.59 Å². The average molecular weight is 348 g/mol. The normalized spacial score (nSPS) is 16.6. The monoisotopic (exact) mass is 348 g/mol. The fraction of sp³-hybridized carbons (Fsp3) is 0.200. The zero-order valence-electron chi connectivity index (χ0n) is 14.2. The Kier molecular flexibility index (Phi) is 4.31. The molecule has 4 rings (SSSR count). The van der Waals surface area contributed by atoms with Gasteiger partial charge in [0.2, 0.25) is 0 Å². The minimum atomic E-state index is -0.598. The van der Waals surface area contributed by atoms with Crippen LogP contribution in [-0.4, -0.2) is 40.8 Å². The van der Waals surface area contributed by atoms with Gasteiger partial charge in [-0.3, -0.25) is 9.59 Å². The summed E-state index contributed by atoms with van der Waals surface area (Å²) in [7, 11) is 0. The van der Waals surface area contributed by atoms with E-state index in [1.165, 1.54) is 0 Å². The molecule has 1 aliphatic rings. The van der Waals surface area contributed by atoms with Gasteiger partial charge >= 0.3 is 11.8 Å². The molecule has 1 fully saturated rings. The maximum absolute atomic E-state index is 12.5. The Morgan fingerprint density at radius 3 is 2.73 bits per heavy atom. The second-order valence-electron chi connectivity index (χ2n) is 6.45. The number of benzene rings is 2. The van der Waals surface area contributed by atoms with Crippen LogP contribution < -0.4 is 10.6 Å². The quantitative estimate of drug-likeness (QED) is 0.637. The Balaban J connectivity index is 1.38. The molecule has 3 aromatic rings. The number of carbonyl (C=O) groups excluding carboxylic acids is 2. The van der Waals surface area contributed by atoms with Crippen LogP contribution in [0.3, 0.4) is 0 Å². The van der Waals surface area contributed by atoms with Crippen molar-refractivity contribution in [3.05, 3.63) is 60.8 Å². The van der Waals surface area contributed by atoms with E-state index >= 15 is 0 Å². The molecular weight excluding hydrogens is 328 g/mol. The number of nitrogens with zero attached hydrogens (tertiary/aromatic N) is 1.